The van der Waals surface area contributed by atoms with Crippen molar-refractivity contribution in [2.75, 3.05) is 17.7 Å². The number of aromatic amines is 1. The van der Waals surface area contributed by atoms with E-state index in [1.165, 1.54) is 0 Å². The van der Waals surface area contributed by atoms with Crippen LogP contribution < -0.4 is 10.6 Å². The highest BCUT2D eigenvalue weighted by molar-refractivity contribution is 6.01. The Kier molecular flexibility index (Phi) is 2.16. The molecule has 5 heteroatoms. The zero-order valence-corrected chi connectivity index (χ0v) is 10.3. The van der Waals surface area contributed by atoms with Gasteiger partial charge in [-0.25, -0.2) is 0 Å². The summed E-state index contributed by atoms with van der Waals surface area (Å²) in [5.74, 6) is 0.615. The van der Waals surface area contributed by atoms with Gasteiger partial charge in [0.05, 0.1) is 6.42 Å². The molecule has 0 unspecified atom stereocenters. The number of carbonyl (C=O) groups is 1. The summed E-state index contributed by atoms with van der Waals surface area (Å²) in [4.78, 5) is 13.3. The van der Waals surface area contributed by atoms with Crippen molar-refractivity contribution in [1.82, 2.24) is 10.2 Å². The molecule has 0 saturated carbocycles. The molecule has 18 heavy (non-hydrogen) atoms. The van der Waals surface area contributed by atoms with E-state index in [2.05, 4.69) is 10.2 Å². The third-order valence-electron chi connectivity index (χ3n) is 3.42. The van der Waals surface area contributed by atoms with Gasteiger partial charge in [0.1, 0.15) is 0 Å². The van der Waals surface area contributed by atoms with Gasteiger partial charge in [-0.05, 0) is 30.2 Å². The molecule has 1 amide bonds. The number of rotatable bonds is 1. The fraction of sp³-hybridized carbons (Fsp3) is 0.231. The van der Waals surface area contributed by atoms with Crippen LogP contribution in [0.25, 0.3) is 11.1 Å². The molecule has 0 radical (unpaired) electrons. The van der Waals surface area contributed by atoms with Crippen LogP contribution in [0.3, 0.4) is 0 Å². The number of nitrogens with two attached hydrogens (primary N) is 1. The number of fused-ring (bicyclic) bond motifs is 1. The SMILES string of the molecule is Cc1[nH]nc(N)c1-c1ccc2c(c1)CC(=O)N2C. The van der Waals surface area contributed by atoms with Crippen LogP contribution in [-0.4, -0.2) is 23.2 Å². The van der Waals surface area contributed by atoms with Crippen LogP contribution in [0.4, 0.5) is 11.5 Å². The third kappa shape index (κ3) is 1.40. The van der Waals surface area contributed by atoms with E-state index in [1.807, 2.05) is 25.1 Å². The quantitative estimate of drug-likeness (QED) is 0.795. The number of anilines is 2. The maximum atomic E-state index is 11.6. The van der Waals surface area contributed by atoms with Crippen molar-refractivity contribution in [2.45, 2.75) is 13.3 Å². The number of nitrogens with one attached hydrogen (secondary N) is 1. The normalized spacial score (nSPS) is 14.1. The highest BCUT2D eigenvalue weighted by atomic mass is 16.2. The first-order chi connectivity index (χ1) is 8.58. The highest BCUT2D eigenvalue weighted by Gasteiger charge is 2.24. The molecule has 2 aromatic rings. The Hall–Kier alpha value is -2.30. The second-order valence-corrected chi connectivity index (χ2v) is 4.58. The number of hydrogen-bond donors (Lipinski definition) is 2. The minimum Gasteiger partial charge on any atom is -0.382 e. The van der Waals surface area contributed by atoms with Crippen molar-refractivity contribution < 1.29 is 4.79 Å². The van der Waals surface area contributed by atoms with E-state index in [4.69, 9.17) is 5.73 Å². The number of nitrogen functional groups attached to an aromatic ring is 1. The predicted octanol–water partition coefficient (Wildman–Crippen LogP) is 1.49. The van der Waals surface area contributed by atoms with Crippen LogP contribution in [0.2, 0.25) is 0 Å². The smallest absolute Gasteiger partial charge is 0.231 e. The van der Waals surface area contributed by atoms with E-state index in [0.29, 0.717) is 12.2 Å². The second kappa shape index (κ2) is 3.60. The summed E-state index contributed by atoms with van der Waals surface area (Å²) in [6, 6.07) is 5.95. The van der Waals surface area contributed by atoms with E-state index in [0.717, 1.165) is 28.1 Å². The van der Waals surface area contributed by atoms with Crippen molar-refractivity contribution in [3.05, 3.63) is 29.5 Å². The molecule has 92 valence electrons. The number of benzene rings is 1. The number of likely N-dealkylation sites (N-methyl/N-ethyl adjacent to an activating group) is 1. The molecule has 1 aliphatic heterocycles. The van der Waals surface area contributed by atoms with Gasteiger partial charge >= 0.3 is 0 Å². The molecule has 1 aliphatic rings. The van der Waals surface area contributed by atoms with Gasteiger partial charge in [0.25, 0.3) is 0 Å². The lowest BCUT2D eigenvalue weighted by atomic mass is 10.0. The molecule has 5 nitrogen and oxygen atoms in total. The largest absolute Gasteiger partial charge is 0.382 e. The lowest BCUT2D eigenvalue weighted by Crippen LogP contribution is -2.20. The van der Waals surface area contributed by atoms with E-state index in [9.17, 15) is 4.79 Å². The lowest BCUT2D eigenvalue weighted by Gasteiger charge is -2.10. The molecule has 3 rings (SSSR count). The van der Waals surface area contributed by atoms with Crippen LogP contribution in [0.5, 0.6) is 0 Å². The Morgan fingerprint density at radius 2 is 2.22 bits per heavy atom. The molecule has 1 aromatic heterocycles. The fourth-order valence-corrected chi connectivity index (χ4v) is 2.44. The summed E-state index contributed by atoms with van der Waals surface area (Å²) in [7, 11) is 1.80. The highest BCUT2D eigenvalue weighted by Crippen LogP contribution is 2.34. The maximum Gasteiger partial charge on any atom is 0.231 e. The van der Waals surface area contributed by atoms with Gasteiger partial charge in [0.2, 0.25) is 5.91 Å². The minimum atomic E-state index is 0.124. The van der Waals surface area contributed by atoms with E-state index >= 15 is 0 Å². The maximum absolute atomic E-state index is 11.6. The number of H-pyrrole nitrogens is 1. The number of amides is 1. The summed E-state index contributed by atoms with van der Waals surface area (Å²) >= 11 is 0. The standard InChI is InChI=1S/C13H14N4O/c1-7-12(13(14)16-15-7)8-3-4-10-9(5-8)6-11(18)17(10)2/h3-5H,6H2,1-2H3,(H3,14,15,16). The predicted molar refractivity (Wildman–Crippen MR) is 70.3 cm³/mol. The van der Waals surface area contributed by atoms with Crippen LogP contribution in [0, 0.1) is 6.92 Å². The third-order valence-corrected chi connectivity index (χ3v) is 3.42. The molecular weight excluding hydrogens is 228 g/mol. The van der Waals surface area contributed by atoms with E-state index in [-0.39, 0.29) is 5.91 Å². The number of aromatic nitrogens is 2. The number of nitrogens with zero attached hydrogens (tertiary/aromatic N) is 2. The molecule has 0 spiro atoms. The Labute approximate surface area is 105 Å². The van der Waals surface area contributed by atoms with Gasteiger partial charge in [-0.15, -0.1) is 0 Å². The minimum absolute atomic E-state index is 0.124. The van der Waals surface area contributed by atoms with Crippen molar-refractivity contribution in [1.29, 1.82) is 0 Å². The monoisotopic (exact) mass is 242 g/mol. The zero-order chi connectivity index (χ0) is 12.9. The molecule has 0 aliphatic carbocycles. The fourth-order valence-electron chi connectivity index (χ4n) is 2.44. The Bertz CT molecular complexity index is 625. The molecule has 0 saturated heterocycles. The molecule has 0 bridgehead atoms. The summed E-state index contributed by atoms with van der Waals surface area (Å²) in [6.45, 7) is 1.93. The average molecular weight is 242 g/mol. The van der Waals surface area contributed by atoms with Crippen LogP contribution >= 0.6 is 0 Å². The van der Waals surface area contributed by atoms with Crippen molar-refractivity contribution in [3.63, 3.8) is 0 Å². The topological polar surface area (TPSA) is 75.0 Å². The van der Waals surface area contributed by atoms with Gasteiger partial charge in [0, 0.05) is 24.0 Å². The van der Waals surface area contributed by atoms with Gasteiger partial charge in [0.15, 0.2) is 5.82 Å². The van der Waals surface area contributed by atoms with E-state index < -0.39 is 0 Å². The second-order valence-electron chi connectivity index (χ2n) is 4.58. The first-order valence-corrected chi connectivity index (χ1v) is 5.78. The zero-order valence-electron chi connectivity index (χ0n) is 10.3. The Balaban J connectivity index is 2.13. The molecular formula is C13H14N4O. The van der Waals surface area contributed by atoms with Crippen LogP contribution in [0.1, 0.15) is 11.3 Å². The number of hydrogen-bond acceptors (Lipinski definition) is 3. The first-order valence-electron chi connectivity index (χ1n) is 5.78. The van der Waals surface area contributed by atoms with Gasteiger partial charge in [-0.2, -0.15) is 5.10 Å². The Morgan fingerprint density at radius 3 is 2.89 bits per heavy atom. The number of carbonyl (C=O) groups excluding carboxylic acids is 1. The van der Waals surface area contributed by atoms with Crippen molar-refractivity contribution in [2.24, 2.45) is 0 Å². The molecule has 0 atom stereocenters. The van der Waals surface area contributed by atoms with Crippen molar-refractivity contribution >= 4 is 17.4 Å². The first kappa shape index (κ1) is 10.8. The lowest BCUT2D eigenvalue weighted by molar-refractivity contribution is -0.117. The molecule has 0 fully saturated rings. The van der Waals surface area contributed by atoms with Gasteiger partial charge in [-0.3, -0.25) is 9.89 Å². The molecule has 3 N–H and O–H groups in total. The Morgan fingerprint density at radius 1 is 1.44 bits per heavy atom. The van der Waals surface area contributed by atoms with Crippen LogP contribution in [0.15, 0.2) is 18.2 Å². The summed E-state index contributed by atoms with van der Waals surface area (Å²) in [5, 5.41) is 6.86. The molecule has 2 heterocycles. The summed E-state index contributed by atoms with van der Waals surface area (Å²) in [5.41, 5.74) is 10.7. The van der Waals surface area contributed by atoms with Gasteiger partial charge < -0.3 is 10.6 Å². The number of aryl methyl sites for hydroxylation is 1. The van der Waals surface area contributed by atoms with Crippen molar-refractivity contribution in [3.8, 4) is 11.1 Å². The van der Waals surface area contributed by atoms with Crippen LogP contribution in [-0.2, 0) is 11.2 Å². The summed E-state index contributed by atoms with van der Waals surface area (Å²) < 4.78 is 0. The van der Waals surface area contributed by atoms with Gasteiger partial charge in [-0.1, -0.05) is 6.07 Å². The molecule has 1 aromatic carbocycles. The van der Waals surface area contributed by atoms with E-state index in [1.54, 1.807) is 11.9 Å². The summed E-state index contributed by atoms with van der Waals surface area (Å²) in [6.07, 6.45) is 0.455. The average Bonchev–Trinajstić information content (AvgIpc) is 2.81.